The third-order valence-corrected chi connectivity index (χ3v) is 4.22. The van der Waals surface area contributed by atoms with E-state index >= 15 is 0 Å². The van der Waals surface area contributed by atoms with Crippen molar-refractivity contribution < 1.29 is 9.50 Å². The summed E-state index contributed by atoms with van der Waals surface area (Å²) in [5.41, 5.74) is 1.67. The van der Waals surface area contributed by atoms with Gasteiger partial charge in [-0.3, -0.25) is 0 Å². The minimum absolute atomic E-state index is 0.110. The number of anilines is 1. The number of aliphatic hydroxyl groups is 1. The molecule has 1 aromatic rings. The Hall–Kier alpha value is -1.13. The van der Waals surface area contributed by atoms with E-state index in [9.17, 15) is 9.50 Å². The van der Waals surface area contributed by atoms with E-state index in [1.165, 1.54) is 12.5 Å². The lowest BCUT2D eigenvalue weighted by Gasteiger charge is -2.32. The Balaban J connectivity index is 2.25. The average molecular weight is 294 g/mol. The Morgan fingerprint density at radius 2 is 2.19 bits per heavy atom. The summed E-state index contributed by atoms with van der Waals surface area (Å²) in [6, 6.07) is 5.39. The lowest BCUT2D eigenvalue weighted by Crippen LogP contribution is -2.38. The van der Waals surface area contributed by atoms with Crippen molar-refractivity contribution in [2.24, 2.45) is 0 Å². The molecule has 0 aliphatic carbocycles. The largest absolute Gasteiger partial charge is 0.394 e. The smallest absolute Gasteiger partial charge is 0.129 e. The van der Waals surface area contributed by atoms with Crippen LogP contribution >= 0.6 is 0 Å². The van der Waals surface area contributed by atoms with Gasteiger partial charge in [0.15, 0.2) is 0 Å². The maximum absolute atomic E-state index is 14.2. The van der Waals surface area contributed by atoms with Crippen LogP contribution in [0.1, 0.15) is 44.6 Å². The summed E-state index contributed by atoms with van der Waals surface area (Å²) >= 11 is 0. The monoisotopic (exact) mass is 294 g/mol. The number of nitrogens with one attached hydrogen (secondary N) is 1. The Morgan fingerprint density at radius 1 is 1.33 bits per heavy atom. The van der Waals surface area contributed by atoms with Crippen LogP contribution < -0.4 is 10.2 Å². The zero-order valence-corrected chi connectivity index (χ0v) is 12.9. The van der Waals surface area contributed by atoms with Crippen molar-refractivity contribution in [3.63, 3.8) is 0 Å². The number of nitrogens with zero attached hydrogens (tertiary/aromatic N) is 1. The SMILES string of the molecule is CCCNCc1c(F)cccc1N1CCCCCC1CO. The molecule has 0 amide bonds. The number of halogens is 1. The van der Waals surface area contributed by atoms with Gasteiger partial charge >= 0.3 is 0 Å². The minimum atomic E-state index is -0.156. The molecular formula is C17H27FN2O. The Morgan fingerprint density at radius 3 is 2.95 bits per heavy atom. The third-order valence-electron chi connectivity index (χ3n) is 4.22. The summed E-state index contributed by atoms with van der Waals surface area (Å²) in [4.78, 5) is 2.21. The molecule has 2 rings (SSSR count). The van der Waals surface area contributed by atoms with Crippen molar-refractivity contribution in [2.75, 3.05) is 24.6 Å². The predicted octanol–water partition coefficient (Wildman–Crippen LogP) is 3.07. The van der Waals surface area contributed by atoms with E-state index in [-0.39, 0.29) is 18.5 Å². The number of hydrogen-bond donors (Lipinski definition) is 2. The van der Waals surface area contributed by atoms with E-state index in [1.807, 2.05) is 6.07 Å². The number of benzene rings is 1. The van der Waals surface area contributed by atoms with Crippen LogP contribution in [-0.4, -0.2) is 30.8 Å². The molecule has 1 unspecified atom stereocenters. The van der Waals surface area contributed by atoms with Crippen molar-refractivity contribution in [3.05, 3.63) is 29.6 Å². The van der Waals surface area contributed by atoms with Crippen molar-refractivity contribution in [1.82, 2.24) is 5.32 Å². The molecule has 4 heteroatoms. The molecule has 1 heterocycles. The minimum Gasteiger partial charge on any atom is -0.394 e. The highest BCUT2D eigenvalue weighted by Gasteiger charge is 2.23. The summed E-state index contributed by atoms with van der Waals surface area (Å²) < 4.78 is 14.2. The molecule has 1 saturated heterocycles. The van der Waals surface area contributed by atoms with Gasteiger partial charge in [-0.2, -0.15) is 0 Å². The number of hydrogen-bond acceptors (Lipinski definition) is 3. The van der Waals surface area contributed by atoms with Crippen LogP contribution in [0.4, 0.5) is 10.1 Å². The van der Waals surface area contributed by atoms with Gasteiger partial charge < -0.3 is 15.3 Å². The first-order chi connectivity index (χ1) is 10.3. The van der Waals surface area contributed by atoms with Gasteiger partial charge in [0.05, 0.1) is 12.6 Å². The van der Waals surface area contributed by atoms with Gasteiger partial charge in [0.25, 0.3) is 0 Å². The van der Waals surface area contributed by atoms with Crippen LogP contribution in [0.3, 0.4) is 0 Å². The average Bonchev–Trinajstić information content (AvgIpc) is 2.74. The normalized spacial score (nSPS) is 19.6. The first-order valence-electron chi connectivity index (χ1n) is 8.13. The first kappa shape index (κ1) is 16.2. The summed E-state index contributed by atoms with van der Waals surface area (Å²) in [7, 11) is 0. The molecule has 2 N–H and O–H groups in total. The fraction of sp³-hybridized carbons (Fsp3) is 0.647. The Bertz CT molecular complexity index is 439. The molecular weight excluding hydrogens is 267 g/mol. The second kappa shape index (κ2) is 8.35. The maximum Gasteiger partial charge on any atom is 0.129 e. The van der Waals surface area contributed by atoms with Gasteiger partial charge in [-0.25, -0.2) is 4.39 Å². The standard InChI is InChI=1S/C17H27FN2O/c1-2-10-19-12-15-16(18)8-6-9-17(15)20-11-5-3-4-7-14(20)13-21/h6,8-9,14,19,21H,2-5,7,10-13H2,1H3. The lowest BCUT2D eigenvalue weighted by atomic mass is 10.1. The maximum atomic E-state index is 14.2. The van der Waals surface area contributed by atoms with Gasteiger partial charge in [0, 0.05) is 24.3 Å². The Labute approximate surface area is 127 Å². The second-order valence-electron chi connectivity index (χ2n) is 5.79. The fourth-order valence-electron chi connectivity index (χ4n) is 3.07. The highest BCUT2D eigenvalue weighted by Crippen LogP contribution is 2.29. The molecule has 1 fully saturated rings. The van der Waals surface area contributed by atoms with Crippen LogP contribution in [0.5, 0.6) is 0 Å². The summed E-state index contributed by atoms with van der Waals surface area (Å²) in [5, 5.41) is 13.0. The molecule has 0 spiro atoms. The highest BCUT2D eigenvalue weighted by molar-refractivity contribution is 5.55. The van der Waals surface area contributed by atoms with Crippen molar-refractivity contribution in [3.8, 4) is 0 Å². The molecule has 0 aromatic heterocycles. The van der Waals surface area contributed by atoms with Crippen molar-refractivity contribution in [1.29, 1.82) is 0 Å². The number of rotatable bonds is 6. The molecule has 1 aliphatic heterocycles. The van der Waals surface area contributed by atoms with Gasteiger partial charge in [-0.15, -0.1) is 0 Å². The summed E-state index contributed by atoms with van der Waals surface area (Å²) in [5.74, 6) is -0.156. The van der Waals surface area contributed by atoms with Crippen LogP contribution in [0.2, 0.25) is 0 Å². The summed E-state index contributed by atoms with van der Waals surface area (Å²) in [6.45, 7) is 4.57. The second-order valence-corrected chi connectivity index (χ2v) is 5.79. The zero-order valence-electron chi connectivity index (χ0n) is 12.9. The Kier molecular flexibility index (Phi) is 6.46. The molecule has 1 atom stereocenters. The van der Waals surface area contributed by atoms with E-state index in [2.05, 4.69) is 17.1 Å². The van der Waals surface area contributed by atoms with E-state index in [1.54, 1.807) is 6.07 Å². The van der Waals surface area contributed by atoms with E-state index < -0.39 is 0 Å². The molecule has 3 nitrogen and oxygen atoms in total. The van der Waals surface area contributed by atoms with Crippen LogP contribution in [-0.2, 0) is 6.54 Å². The van der Waals surface area contributed by atoms with Crippen molar-refractivity contribution >= 4 is 5.69 Å². The highest BCUT2D eigenvalue weighted by atomic mass is 19.1. The van der Waals surface area contributed by atoms with E-state index in [0.29, 0.717) is 6.54 Å². The summed E-state index contributed by atoms with van der Waals surface area (Å²) in [6.07, 6.45) is 5.45. The molecule has 118 valence electrons. The molecule has 1 aromatic carbocycles. The van der Waals surface area contributed by atoms with Gasteiger partial charge in [-0.1, -0.05) is 25.8 Å². The van der Waals surface area contributed by atoms with Gasteiger partial charge in [0.2, 0.25) is 0 Å². The zero-order chi connectivity index (χ0) is 15.1. The quantitative estimate of drug-likeness (QED) is 0.792. The molecule has 1 aliphatic rings. The molecule has 0 saturated carbocycles. The first-order valence-corrected chi connectivity index (χ1v) is 8.13. The third kappa shape index (κ3) is 4.17. The van der Waals surface area contributed by atoms with Gasteiger partial charge in [-0.05, 0) is 37.9 Å². The lowest BCUT2D eigenvalue weighted by molar-refractivity contribution is 0.255. The van der Waals surface area contributed by atoms with E-state index in [0.717, 1.165) is 50.0 Å². The predicted molar refractivity (Wildman–Crippen MR) is 85.1 cm³/mol. The van der Waals surface area contributed by atoms with E-state index in [4.69, 9.17) is 0 Å². The topological polar surface area (TPSA) is 35.5 Å². The molecule has 0 bridgehead atoms. The van der Waals surface area contributed by atoms with Gasteiger partial charge in [0.1, 0.15) is 5.82 Å². The molecule has 0 radical (unpaired) electrons. The van der Waals surface area contributed by atoms with Crippen LogP contribution in [0.25, 0.3) is 0 Å². The molecule has 21 heavy (non-hydrogen) atoms. The van der Waals surface area contributed by atoms with Crippen LogP contribution in [0, 0.1) is 5.82 Å². The number of aliphatic hydroxyl groups excluding tert-OH is 1. The van der Waals surface area contributed by atoms with Crippen molar-refractivity contribution in [2.45, 2.75) is 51.6 Å². The fourth-order valence-corrected chi connectivity index (χ4v) is 3.07. The van der Waals surface area contributed by atoms with Crippen LogP contribution in [0.15, 0.2) is 18.2 Å².